The molecule has 1 aliphatic heterocycles. The van der Waals surface area contributed by atoms with Crippen LogP contribution in [0.1, 0.15) is 30.4 Å². The summed E-state index contributed by atoms with van der Waals surface area (Å²) in [7, 11) is 6.90. The Hall–Kier alpha value is -3.65. The van der Waals surface area contributed by atoms with Crippen molar-refractivity contribution in [2.24, 2.45) is 0 Å². The van der Waals surface area contributed by atoms with Gasteiger partial charge in [0.25, 0.3) is 0 Å². The van der Waals surface area contributed by atoms with Crippen LogP contribution in [0.3, 0.4) is 0 Å². The minimum absolute atomic E-state index is 0.0692. The molecule has 7 heteroatoms. The van der Waals surface area contributed by atoms with Crippen LogP contribution in [0.5, 0.6) is 5.75 Å². The van der Waals surface area contributed by atoms with E-state index in [9.17, 15) is 4.79 Å². The number of ether oxygens (including phenoxy) is 3. The van der Waals surface area contributed by atoms with Gasteiger partial charge in [-0.15, -0.1) is 0 Å². The third-order valence-electron chi connectivity index (χ3n) is 8.81. The van der Waals surface area contributed by atoms with Gasteiger partial charge in [0.2, 0.25) is 5.91 Å². The van der Waals surface area contributed by atoms with E-state index in [1.54, 1.807) is 21.3 Å². The summed E-state index contributed by atoms with van der Waals surface area (Å²) in [5, 5.41) is 5.74. The average molecular weight is 556 g/mol. The van der Waals surface area contributed by atoms with Crippen molar-refractivity contribution < 1.29 is 19.0 Å². The minimum atomic E-state index is -0.938. The molecule has 5 rings (SSSR count). The second-order valence-electron chi connectivity index (χ2n) is 10.9. The monoisotopic (exact) mass is 555 g/mol. The number of amides is 1. The van der Waals surface area contributed by atoms with Crippen LogP contribution in [-0.2, 0) is 14.3 Å². The Kier molecular flexibility index (Phi) is 8.50. The highest BCUT2D eigenvalue weighted by molar-refractivity contribution is 5.92. The van der Waals surface area contributed by atoms with Crippen molar-refractivity contribution in [3.63, 3.8) is 0 Å². The van der Waals surface area contributed by atoms with E-state index in [0.717, 1.165) is 46.4 Å². The molecule has 0 spiro atoms. The molecule has 0 radical (unpaired) electrons. The number of allylic oxidation sites excluding steroid dienone is 1. The van der Waals surface area contributed by atoms with Crippen LogP contribution in [-0.4, -0.2) is 81.6 Å². The fraction of sp³-hybridized carbons (Fsp3) is 0.382. The summed E-state index contributed by atoms with van der Waals surface area (Å²) in [6.45, 7) is 4.70. The highest BCUT2D eigenvalue weighted by Gasteiger charge is 2.46. The smallest absolute Gasteiger partial charge is 0.243 e. The van der Waals surface area contributed by atoms with Crippen LogP contribution in [0.2, 0.25) is 0 Å². The van der Waals surface area contributed by atoms with Gasteiger partial charge in [-0.25, -0.2) is 0 Å². The van der Waals surface area contributed by atoms with Crippen molar-refractivity contribution in [2.75, 3.05) is 54.6 Å². The average Bonchev–Trinajstić information content (AvgIpc) is 3.04. The number of carbonyl (C=O) groups excluding carboxylic acids is 1. The van der Waals surface area contributed by atoms with E-state index in [4.69, 9.17) is 14.2 Å². The van der Waals surface area contributed by atoms with Crippen molar-refractivity contribution in [3.05, 3.63) is 102 Å². The lowest BCUT2D eigenvalue weighted by Gasteiger charge is -2.44. The summed E-state index contributed by atoms with van der Waals surface area (Å²) in [5.41, 5.74) is 2.19. The van der Waals surface area contributed by atoms with Crippen molar-refractivity contribution in [1.29, 1.82) is 0 Å². The maximum absolute atomic E-state index is 14.6. The second-order valence-corrected chi connectivity index (χ2v) is 10.9. The molecule has 41 heavy (non-hydrogen) atoms. The van der Waals surface area contributed by atoms with E-state index < -0.39 is 11.3 Å². The molecule has 0 aromatic heterocycles. The molecule has 1 aliphatic carbocycles. The van der Waals surface area contributed by atoms with E-state index in [-0.39, 0.29) is 11.8 Å². The lowest BCUT2D eigenvalue weighted by molar-refractivity contribution is -0.169. The molecular weight excluding hydrogens is 514 g/mol. The topological polar surface area (TPSA) is 63.3 Å². The second kappa shape index (κ2) is 12.1. The molecule has 1 fully saturated rings. The van der Waals surface area contributed by atoms with Gasteiger partial charge in [-0.2, -0.15) is 0 Å². The Morgan fingerprint density at radius 2 is 1.56 bits per heavy atom. The van der Waals surface area contributed by atoms with Gasteiger partial charge < -0.3 is 29.3 Å². The fourth-order valence-electron chi connectivity index (χ4n) is 6.31. The van der Waals surface area contributed by atoms with E-state index in [1.165, 1.54) is 0 Å². The van der Waals surface area contributed by atoms with Gasteiger partial charge in [-0.05, 0) is 48.5 Å². The third kappa shape index (κ3) is 5.37. The van der Waals surface area contributed by atoms with Gasteiger partial charge in [-0.1, -0.05) is 66.7 Å². The number of nitrogens with zero attached hydrogens (tertiary/aromatic N) is 2. The number of likely N-dealkylation sites (N-methyl/N-ethyl adjacent to an activating group) is 1. The van der Waals surface area contributed by atoms with Crippen LogP contribution in [0.4, 0.5) is 0 Å². The molecule has 0 unspecified atom stereocenters. The van der Waals surface area contributed by atoms with E-state index in [2.05, 4.69) is 64.8 Å². The van der Waals surface area contributed by atoms with E-state index in [1.807, 2.05) is 49.2 Å². The summed E-state index contributed by atoms with van der Waals surface area (Å²) in [6, 6.07) is 22.7. The number of nitrogens with one attached hydrogen (secondary N) is 1. The Labute approximate surface area is 243 Å². The van der Waals surface area contributed by atoms with Crippen LogP contribution < -0.4 is 10.1 Å². The third-order valence-corrected chi connectivity index (χ3v) is 8.81. The molecule has 3 aromatic carbocycles. The zero-order chi connectivity index (χ0) is 29.0. The molecule has 2 aliphatic rings. The molecule has 1 amide bonds. The predicted molar refractivity (Wildman–Crippen MR) is 163 cm³/mol. The first-order chi connectivity index (χ1) is 19.9. The van der Waals surface area contributed by atoms with Gasteiger partial charge in [0, 0.05) is 64.0 Å². The first-order valence-electron chi connectivity index (χ1n) is 14.2. The lowest BCUT2D eigenvalue weighted by Crippen LogP contribution is -2.61. The summed E-state index contributed by atoms with van der Waals surface area (Å²) in [4.78, 5) is 18.9. The summed E-state index contributed by atoms with van der Waals surface area (Å²) in [6.07, 6.45) is 6.91. The van der Waals surface area contributed by atoms with Crippen LogP contribution in [0, 0.1) is 0 Å². The molecule has 0 bridgehead atoms. The standard InChI is InChI=1S/C34H41N3O4/c1-33(35-2,32(38)37-22-20-36(21-23-37)26-14-11-19-34(24-26,40-4)41-5)31(29-16-8-9-18-30(29)39-3)28-17-10-13-25-12-6-7-15-27(25)28/h6-18,24,31,35H,19-23H2,1-5H3/t31-,33+/m0/s1. The van der Waals surface area contributed by atoms with Crippen molar-refractivity contribution in [2.45, 2.75) is 30.6 Å². The summed E-state index contributed by atoms with van der Waals surface area (Å²) in [5.74, 6) is -0.212. The number of carbonyl (C=O) groups is 1. The number of hydrogen-bond donors (Lipinski definition) is 1. The number of fused-ring (bicyclic) bond motifs is 1. The number of methoxy groups -OCH3 is 3. The van der Waals surface area contributed by atoms with E-state index >= 15 is 0 Å². The van der Waals surface area contributed by atoms with Crippen molar-refractivity contribution >= 4 is 16.7 Å². The Balaban J connectivity index is 1.49. The van der Waals surface area contributed by atoms with E-state index in [0.29, 0.717) is 19.5 Å². The summed E-state index contributed by atoms with van der Waals surface area (Å²) >= 11 is 0. The molecule has 7 nitrogen and oxygen atoms in total. The first-order valence-corrected chi connectivity index (χ1v) is 14.2. The number of benzene rings is 3. The van der Waals surface area contributed by atoms with Crippen LogP contribution in [0.15, 0.2) is 90.7 Å². The SMILES string of the molecule is CN[C@@](C)(C(=O)N1CCN(C2=CC(OC)(OC)CC=C2)CC1)[C@H](c1ccccc1OC)c1cccc2ccccc12. The number of rotatable bonds is 9. The first kappa shape index (κ1) is 28.9. The number of piperazine rings is 1. The molecule has 216 valence electrons. The molecule has 1 saturated heterocycles. The Bertz CT molecular complexity index is 1430. The highest BCUT2D eigenvalue weighted by Crippen LogP contribution is 2.43. The van der Waals surface area contributed by atoms with Crippen molar-refractivity contribution in [1.82, 2.24) is 15.1 Å². The maximum atomic E-state index is 14.6. The molecular formula is C34H41N3O4. The number of hydrogen-bond acceptors (Lipinski definition) is 6. The quantitative estimate of drug-likeness (QED) is 0.378. The van der Waals surface area contributed by atoms with Crippen LogP contribution in [0.25, 0.3) is 10.8 Å². The normalized spacial score (nSPS) is 19.0. The lowest BCUT2D eigenvalue weighted by atomic mass is 9.73. The number of para-hydroxylation sites is 1. The molecule has 1 N–H and O–H groups in total. The van der Waals surface area contributed by atoms with Gasteiger partial charge in [0.15, 0.2) is 5.79 Å². The summed E-state index contributed by atoms with van der Waals surface area (Å²) < 4.78 is 17.2. The molecule has 1 heterocycles. The van der Waals surface area contributed by atoms with Gasteiger partial charge >= 0.3 is 0 Å². The van der Waals surface area contributed by atoms with Gasteiger partial charge in [-0.3, -0.25) is 4.79 Å². The zero-order valence-corrected chi connectivity index (χ0v) is 24.7. The molecule has 0 saturated carbocycles. The highest BCUT2D eigenvalue weighted by atomic mass is 16.7. The molecule has 2 atom stereocenters. The Morgan fingerprint density at radius 1 is 0.902 bits per heavy atom. The maximum Gasteiger partial charge on any atom is 0.243 e. The van der Waals surface area contributed by atoms with Crippen molar-refractivity contribution in [3.8, 4) is 5.75 Å². The van der Waals surface area contributed by atoms with Gasteiger partial charge in [0.05, 0.1) is 7.11 Å². The molecule has 3 aromatic rings. The van der Waals surface area contributed by atoms with Gasteiger partial charge in [0.1, 0.15) is 11.3 Å². The predicted octanol–water partition coefficient (Wildman–Crippen LogP) is 4.94. The fourth-order valence-corrected chi connectivity index (χ4v) is 6.31. The largest absolute Gasteiger partial charge is 0.496 e. The zero-order valence-electron chi connectivity index (χ0n) is 24.7. The Morgan fingerprint density at radius 3 is 2.27 bits per heavy atom. The van der Waals surface area contributed by atoms with Crippen LogP contribution >= 0.6 is 0 Å². The minimum Gasteiger partial charge on any atom is -0.496 e.